The summed E-state index contributed by atoms with van der Waals surface area (Å²) >= 11 is 0. The van der Waals surface area contributed by atoms with Crippen LogP contribution in [-0.2, 0) is 11.2 Å². The van der Waals surface area contributed by atoms with Crippen molar-refractivity contribution in [3.05, 3.63) is 35.4 Å². The summed E-state index contributed by atoms with van der Waals surface area (Å²) in [5.41, 5.74) is -0.285. The molecule has 0 spiro atoms. The van der Waals surface area contributed by atoms with E-state index in [1.807, 2.05) is 27.7 Å². The number of hydrogen-bond acceptors (Lipinski definition) is 2. The van der Waals surface area contributed by atoms with Gasteiger partial charge in [-0.2, -0.15) is 0 Å². The highest BCUT2D eigenvalue weighted by Crippen LogP contribution is 2.11. The molecule has 0 aromatic heterocycles. The van der Waals surface area contributed by atoms with Gasteiger partial charge in [0, 0.05) is 24.2 Å². The standard InChI is InChI=1S/C17H26F2N4O.HI/c1-5-20-16(22-11-15(24)23-17(2,3)4)21-10-9-12-13(18)7-6-8-14(12)19;/h6-8H,5,9-11H2,1-4H3,(H,23,24)(H2,20,21,22);1H. The van der Waals surface area contributed by atoms with Crippen molar-refractivity contribution in [2.75, 3.05) is 19.6 Å². The van der Waals surface area contributed by atoms with Gasteiger partial charge in [0.05, 0.1) is 0 Å². The molecule has 1 amide bonds. The molecule has 0 heterocycles. The van der Waals surface area contributed by atoms with Crippen molar-refractivity contribution in [3.8, 4) is 0 Å². The number of carbonyl (C=O) groups excluding carboxylic acids is 1. The first-order chi connectivity index (χ1) is 11.2. The van der Waals surface area contributed by atoms with E-state index >= 15 is 0 Å². The predicted octanol–water partition coefficient (Wildman–Crippen LogP) is 2.60. The van der Waals surface area contributed by atoms with Gasteiger partial charge in [-0.05, 0) is 46.2 Å². The second-order valence-corrected chi connectivity index (χ2v) is 6.37. The molecule has 5 nitrogen and oxygen atoms in total. The van der Waals surface area contributed by atoms with Crippen molar-refractivity contribution in [3.63, 3.8) is 0 Å². The summed E-state index contributed by atoms with van der Waals surface area (Å²) in [7, 11) is 0. The van der Waals surface area contributed by atoms with Crippen molar-refractivity contribution in [1.29, 1.82) is 0 Å². The zero-order valence-electron chi connectivity index (χ0n) is 15.1. The summed E-state index contributed by atoms with van der Waals surface area (Å²) in [6.45, 7) is 8.44. The number of nitrogens with one attached hydrogen (secondary N) is 3. The molecule has 1 aromatic carbocycles. The SMILES string of the molecule is CCNC(=NCC(=O)NC(C)(C)C)NCCc1c(F)cccc1F.I. The number of hydrogen-bond donors (Lipinski definition) is 3. The first-order valence-electron chi connectivity index (χ1n) is 7.99. The Labute approximate surface area is 165 Å². The average molecular weight is 468 g/mol. The molecule has 8 heteroatoms. The van der Waals surface area contributed by atoms with E-state index < -0.39 is 11.6 Å². The summed E-state index contributed by atoms with van der Waals surface area (Å²) in [5, 5.41) is 8.77. The van der Waals surface area contributed by atoms with Crippen molar-refractivity contribution in [2.24, 2.45) is 4.99 Å². The van der Waals surface area contributed by atoms with Gasteiger partial charge in [0.2, 0.25) is 5.91 Å². The van der Waals surface area contributed by atoms with Crippen LogP contribution in [0.4, 0.5) is 8.78 Å². The number of guanidine groups is 1. The largest absolute Gasteiger partial charge is 0.357 e. The molecule has 1 rings (SSSR count). The lowest BCUT2D eigenvalue weighted by Crippen LogP contribution is -2.43. The van der Waals surface area contributed by atoms with Gasteiger partial charge < -0.3 is 16.0 Å². The molecule has 0 unspecified atom stereocenters. The first kappa shape index (κ1) is 23.5. The van der Waals surface area contributed by atoms with Gasteiger partial charge in [-0.15, -0.1) is 24.0 Å². The van der Waals surface area contributed by atoms with Crippen LogP contribution in [0.25, 0.3) is 0 Å². The monoisotopic (exact) mass is 468 g/mol. The van der Waals surface area contributed by atoms with Crippen LogP contribution in [0.1, 0.15) is 33.3 Å². The van der Waals surface area contributed by atoms with Crippen LogP contribution in [0.15, 0.2) is 23.2 Å². The Hall–Kier alpha value is -1.45. The van der Waals surface area contributed by atoms with Crippen LogP contribution in [-0.4, -0.2) is 37.0 Å². The fourth-order valence-corrected chi connectivity index (χ4v) is 2.03. The lowest BCUT2D eigenvalue weighted by molar-refractivity contribution is -0.121. The van der Waals surface area contributed by atoms with E-state index in [1.54, 1.807) is 0 Å². The second kappa shape index (κ2) is 11.2. The van der Waals surface area contributed by atoms with Crippen LogP contribution in [0.3, 0.4) is 0 Å². The third-order valence-electron chi connectivity index (χ3n) is 2.97. The third kappa shape index (κ3) is 9.57. The summed E-state index contributed by atoms with van der Waals surface area (Å²) in [6.07, 6.45) is 0.178. The Morgan fingerprint density at radius 3 is 2.28 bits per heavy atom. The number of benzene rings is 1. The van der Waals surface area contributed by atoms with Crippen LogP contribution in [0.2, 0.25) is 0 Å². The van der Waals surface area contributed by atoms with Crippen LogP contribution in [0, 0.1) is 11.6 Å². The van der Waals surface area contributed by atoms with Crippen LogP contribution in [0.5, 0.6) is 0 Å². The molecule has 142 valence electrons. The van der Waals surface area contributed by atoms with E-state index in [-0.39, 0.29) is 54.0 Å². The first-order valence-corrected chi connectivity index (χ1v) is 7.99. The lowest BCUT2D eigenvalue weighted by atomic mass is 10.1. The van der Waals surface area contributed by atoms with E-state index in [2.05, 4.69) is 20.9 Å². The Morgan fingerprint density at radius 1 is 1.16 bits per heavy atom. The minimum atomic E-state index is -0.566. The van der Waals surface area contributed by atoms with Crippen LogP contribution >= 0.6 is 24.0 Å². The third-order valence-corrected chi connectivity index (χ3v) is 2.97. The number of rotatable bonds is 6. The Bertz CT molecular complexity index is 568. The zero-order chi connectivity index (χ0) is 18.2. The lowest BCUT2D eigenvalue weighted by Gasteiger charge is -2.20. The smallest absolute Gasteiger partial charge is 0.242 e. The van der Waals surface area contributed by atoms with Gasteiger partial charge in [0.15, 0.2) is 5.96 Å². The van der Waals surface area contributed by atoms with Gasteiger partial charge in [-0.3, -0.25) is 4.79 Å². The van der Waals surface area contributed by atoms with Gasteiger partial charge in [0.25, 0.3) is 0 Å². The fraction of sp³-hybridized carbons (Fsp3) is 0.529. The minimum Gasteiger partial charge on any atom is -0.357 e. The maximum Gasteiger partial charge on any atom is 0.242 e. The van der Waals surface area contributed by atoms with Crippen LogP contribution < -0.4 is 16.0 Å². The van der Waals surface area contributed by atoms with Gasteiger partial charge in [-0.25, -0.2) is 13.8 Å². The molecular weight excluding hydrogens is 441 g/mol. The number of carbonyl (C=O) groups is 1. The van der Waals surface area contributed by atoms with Crippen molar-refractivity contribution in [1.82, 2.24) is 16.0 Å². The van der Waals surface area contributed by atoms with E-state index in [0.29, 0.717) is 19.0 Å². The van der Waals surface area contributed by atoms with E-state index in [9.17, 15) is 13.6 Å². The molecular formula is C17H27F2IN4O. The molecule has 1 aromatic rings. The molecule has 0 fully saturated rings. The topological polar surface area (TPSA) is 65.5 Å². The maximum atomic E-state index is 13.6. The van der Waals surface area contributed by atoms with Gasteiger partial charge >= 0.3 is 0 Å². The maximum absolute atomic E-state index is 13.6. The fourth-order valence-electron chi connectivity index (χ4n) is 2.03. The van der Waals surface area contributed by atoms with Gasteiger partial charge in [0.1, 0.15) is 18.2 Å². The Kier molecular flexibility index (Phi) is 10.6. The normalized spacial score (nSPS) is 11.5. The molecule has 0 saturated carbocycles. The van der Waals surface area contributed by atoms with Crippen molar-refractivity contribution >= 4 is 35.8 Å². The summed E-state index contributed by atoms with van der Waals surface area (Å²) in [4.78, 5) is 15.9. The molecule has 0 aliphatic rings. The molecule has 25 heavy (non-hydrogen) atoms. The molecule has 0 radical (unpaired) electrons. The molecule has 0 saturated heterocycles. The summed E-state index contributed by atoms with van der Waals surface area (Å²) in [5.74, 6) is -0.898. The summed E-state index contributed by atoms with van der Waals surface area (Å²) in [6, 6.07) is 3.80. The Balaban J connectivity index is 0.00000576. The van der Waals surface area contributed by atoms with Crippen molar-refractivity contribution < 1.29 is 13.6 Å². The summed E-state index contributed by atoms with van der Waals surface area (Å²) < 4.78 is 27.1. The highest BCUT2D eigenvalue weighted by atomic mass is 127. The number of amides is 1. The number of aliphatic imine (C=N–C) groups is 1. The minimum absolute atomic E-state index is 0. The molecule has 3 N–H and O–H groups in total. The highest BCUT2D eigenvalue weighted by Gasteiger charge is 2.13. The average Bonchev–Trinajstić information content (AvgIpc) is 2.46. The number of halogens is 3. The Morgan fingerprint density at radius 2 is 1.76 bits per heavy atom. The van der Waals surface area contributed by atoms with E-state index in [0.717, 1.165) is 0 Å². The highest BCUT2D eigenvalue weighted by molar-refractivity contribution is 14.0. The van der Waals surface area contributed by atoms with Crippen molar-refractivity contribution in [2.45, 2.75) is 39.7 Å². The molecule has 0 aliphatic carbocycles. The predicted molar refractivity (Wildman–Crippen MR) is 107 cm³/mol. The number of nitrogens with zero attached hydrogens (tertiary/aromatic N) is 1. The molecule has 0 atom stereocenters. The van der Waals surface area contributed by atoms with Gasteiger partial charge in [-0.1, -0.05) is 6.07 Å². The molecule has 0 bridgehead atoms. The van der Waals surface area contributed by atoms with E-state index in [1.165, 1.54) is 18.2 Å². The zero-order valence-corrected chi connectivity index (χ0v) is 17.4. The quantitative estimate of drug-likeness (QED) is 0.342. The van der Waals surface area contributed by atoms with E-state index in [4.69, 9.17) is 0 Å². The molecule has 0 aliphatic heterocycles. The second-order valence-electron chi connectivity index (χ2n) is 6.37.